The number of carbonyl (C=O) groups is 2. The van der Waals surface area contributed by atoms with E-state index in [4.69, 9.17) is 14.6 Å². The fourth-order valence-corrected chi connectivity index (χ4v) is 1.32. The Kier molecular flexibility index (Phi) is 5.62. The highest BCUT2D eigenvalue weighted by molar-refractivity contribution is 5.93. The molecule has 0 unspecified atom stereocenters. The monoisotopic (exact) mass is 269 g/mol. The van der Waals surface area contributed by atoms with Crippen molar-refractivity contribution < 1.29 is 28.9 Å². The van der Waals surface area contributed by atoms with E-state index in [1.165, 1.54) is 14.2 Å². The van der Waals surface area contributed by atoms with E-state index in [1.54, 1.807) is 18.2 Å². The largest absolute Gasteiger partial charge is 0.497 e. The summed E-state index contributed by atoms with van der Waals surface area (Å²) < 4.78 is 14.8. The van der Waals surface area contributed by atoms with Gasteiger partial charge in [0.05, 0.1) is 19.9 Å². The lowest BCUT2D eigenvalue weighted by molar-refractivity contribution is -0.143. The molecular weight excluding hydrogens is 254 g/mol. The molecule has 1 aromatic carbocycles. The van der Waals surface area contributed by atoms with Gasteiger partial charge in [-0.3, -0.25) is 4.79 Å². The molecule has 0 saturated carbocycles. The average Bonchev–Trinajstić information content (AvgIpc) is 2.38. The van der Waals surface area contributed by atoms with Gasteiger partial charge in [-0.1, -0.05) is 0 Å². The number of benzene rings is 1. The molecule has 104 valence electrons. The molecule has 1 rings (SSSR count). The third kappa shape index (κ3) is 4.84. The molecule has 2 N–H and O–H groups in total. The van der Waals surface area contributed by atoms with Crippen LogP contribution in [0.1, 0.15) is 0 Å². The highest BCUT2D eigenvalue weighted by atomic mass is 16.5. The summed E-state index contributed by atoms with van der Waals surface area (Å²) in [5, 5.41) is 10.9. The van der Waals surface area contributed by atoms with E-state index < -0.39 is 18.5 Å². The number of methoxy groups -OCH3 is 2. The van der Waals surface area contributed by atoms with Crippen LogP contribution in [0.3, 0.4) is 0 Å². The summed E-state index contributed by atoms with van der Waals surface area (Å²) in [7, 11) is 2.98. The van der Waals surface area contributed by atoms with Crippen LogP contribution in [0.5, 0.6) is 11.5 Å². The maximum atomic E-state index is 11.5. The number of aliphatic carboxylic acids is 1. The minimum atomic E-state index is -1.13. The Morgan fingerprint density at radius 3 is 2.53 bits per heavy atom. The van der Waals surface area contributed by atoms with E-state index in [2.05, 4.69) is 10.1 Å². The minimum absolute atomic E-state index is 0.346. The van der Waals surface area contributed by atoms with E-state index in [1.807, 2.05) is 0 Å². The number of carbonyl (C=O) groups excluding carboxylic acids is 1. The summed E-state index contributed by atoms with van der Waals surface area (Å²) in [5.74, 6) is -0.567. The van der Waals surface area contributed by atoms with Crippen LogP contribution < -0.4 is 14.8 Å². The predicted molar refractivity (Wildman–Crippen MR) is 66.6 cm³/mol. The fourth-order valence-electron chi connectivity index (χ4n) is 1.32. The van der Waals surface area contributed by atoms with Crippen LogP contribution in [-0.4, -0.2) is 44.4 Å². The van der Waals surface area contributed by atoms with Crippen LogP contribution in [0.4, 0.5) is 5.69 Å². The third-order valence-corrected chi connectivity index (χ3v) is 2.14. The fraction of sp³-hybridized carbons (Fsp3) is 0.333. The summed E-state index contributed by atoms with van der Waals surface area (Å²) in [6.45, 7) is -0.866. The maximum absolute atomic E-state index is 11.5. The minimum Gasteiger partial charge on any atom is -0.497 e. The van der Waals surface area contributed by atoms with Crippen LogP contribution >= 0.6 is 0 Å². The Morgan fingerprint density at radius 1 is 1.21 bits per heavy atom. The average molecular weight is 269 g/mol. The van der Waals surface area contributed by atoms with Gasteiger partial charge in [0, 0.05) is 6.07 Å². The second kappa shape index (κ2) is 7.22. The Bertz CT molecular complexity index is 460. The van der Waals surface area contributed by atoms with Gasteiger partial charge in [-0.15, -0.1) is 0 Å². The van der Waals surface area contributed by atoms with Crippen LogP contribution in [0.15, 0.2) is 18.2 Å². The smallest absolute Gasteiger partial charge is 0.329 e. The van der Waals surface area contributed by atoms with Gasteiger partial charge in [-0.05, 0) is 12.1 Å². The summed E-state index contributed by atoms with van der Waals surface area (Å²) in [5.41, 5.74) is 0.451. The Morgan fingerprint density at radius 2 is 1.95 bits per heavy atom. The standard InChI is InChI=1S/C12H15NO6/c1-17-8-3-4-9(10(5-8)18-2)13-11(14)6-19-7-12(15)16/h3-5H,6-7H2,1-2H3,(H,13,14)(H,15,16). The number of carboxylic acids is 1. The molecule has 0 fully saturated rings. The summed E-state index contributed by atoms with van der Waals surface area (Å²) in [4.78, 5) is 21.7. The number of carboxylic acid groups (broad SMARTS) is 1. The van der Waals surface area contributed by atoms with E-state index in [0.717, 1.165) is 0 Å². The normalized spacial score (nSPS) is 9.79. The molecule has 7 heteroatoms. The lowest BCUT2D eigenvalue weighted by Crippen LogP contribution is -2.21. The number of hydrogen-bond acceptors (Lipinski definition) is 5. The molecule has 1 aromatic rings. The summed E-state index contributed by atoms with van der Waals surface area (Å²) in [6, 6.07) is 4.90. The van der Waals surface area contributed by atoms with Crippen molar-refractivity contribution in [3.05, 3.63) is 18.2 Å². The predicted octanol–water partition coefficient (Wildman–Crippen LogP) is 0.743. The van der Waals surface area contributed by atoms with E-state index >= 15 is 0 Å². The first-order valence-corrected chi connectivity index (χ1v) is 5.38. The number of amides is 1. The zero-order valence-corrected chi connectivity index (χ0v) is 10.6. The molecule has 0 bridgehead atoms. The van der Waals surface area contributed by atoms with Crippen molar-refractivity contribution in [2.24, 2.45) is 0 Å². The molecule has 0 radical (unpaired) electrons. The first kappa shape index (κ1) is 14.8. The van der Waals surface area contributed by atoms with Gasteiger partial charge < -0.3 is 24.6 Å². The second-order valence-electron chi connectivity index (χ2n) is 3.50. The van der Waals surface area contributed by atoms with Crippen molar-refractivity contribution in [1.82, 2.24) is 0 Å². The van der Waals surface area contributed by atoms with Crippen LogP contribution in [0.25, 0.3) is 0 Å². The summed E-state index contributed by atoms with van der Waals surface area (Å²) >= 11 is 0. The zero-order valence-electron chi connectivity index (χ0n) is 10.6. The van der Waals surface area contributed by atoms with Crippen LogP contribution in [0.2, 0.25) is 0 Å². The Hall–Kier alpha value is -2.28. The maximum Gasteiger partial charge on any atom is 0.329 e. The van der Waals surface area contributed by atoms with E-state index in [0.29, 0.717) is 17.2 Å². The Balaban J connectivity index is 2.60. The number of nitrogens with one attached hydrogen (secondary N) is 1. The van der Waals surface area contributed by atoms with Gasteiger partial charge in [0.2, 0.25) is 5.91 Å². The SMILES string of the molecule is COc1ccc(NC(=O)COCC(=O)O)c(OC)c1. The van der Waals surface area contributed by atoms with Gasteiger partial charge in [0.25, 0.3) is 0 Å². The molecule has 0 aliphatic carbocycles. The lowest BCUT2D eigenvalue weighted by Gasteiger charge is -2.11. The Labute approximate surface area is 110 Å². The number of ether oxygens (including phenoxy) is 3. The first-order valence-electron chi connectivity index (χ1n) is 5.38. The van der Waals surface area contributed by atoms with Gasteiger partial charge in [-0.25, -0.2) is 4.79 Å². The molecule has 19 heavy (non-hydrogen) atoms. The zero-order chi connectivity index (χ0) is 14.3. The lowest BCUT2D eigenvalue weighted by atomic mass is 10.2. The number of anilines is 1. The van der Waals surface area contributed by atoms with E-state index in [9.17, 15) is 9.59 Å². The van der Waals surface area contributed by atoms with Crippen molar-refractivity contribution in [2.75, 3.05) is 32.8 Å². The van der Waals surface area contributed by atoms with Crippen molar-refractivity contribution >= 4 is 17.6 Å². The number of hydrogen-bond donors (Lipinski definition) is 2. The van der Waals surface area contributed by atoms with Crippen molar-refractivity contribution in [3.8, 4) is 11.5 Å². The molecule has 7 nitrogen and oxygen atoms in total. The molecule has 0 aromatic heterocycles. The molecule has 0 atom stereocenters. The van der Waals surface area contributed by atoms with Crippen LogP contribution in [-0.2, 0) is 14.3 Å². The van der Waals surface area contributed by atoms with Gasteiger partial charge in [0.15, 0.2) is 0 Å². The molecule has 0 aliphatic rings. The number of rotatable bonds is 7. The highest BCUT2D eigenvalue weighted by Crippen LogP contribution is 2.28. The summed E-state index contributed by atoms with van der Waals surface area (Å²) in [6.07, 6.45) is 0. The van der Waals surface area contributed by atoms with Gasteiger partial charge in [-0.2, -0.15) is 0 Å². The highest BCUT2D eigenvalue weighted by Gasteiger charge is 2.09. The molecule has 0 spiro atoms. The third-order valence-electron chi connectivity index (χ3n) is 2.14. The molecule has 0 heterocycles. The topological polar surface area (TPSA) is 94.1 Å². The first-order chi connectivity index (χ1) is 9.06. The molecule has 0 aliphatic heterocycles. The van der Waals surface area contributed by atoms with Crippen molar-refractivity contribution in [2.45, 2.75) is 0 Å². The van der Waals surface area contributed by atoms with Crippen molar-refractivity contribution in [1.29, 1.82) is 0 Å². The van der Waals surface area contributed by atoms with Gasteiger partial charge in [0.1, 0.15) is 24.7 Å². The van der Waals surface area contributed by atoms with Crippen LogP contribution in [0, 0.1) is 0 Å². The molecule has 1 amide bonds. The van der Waals surface area contributed by atoms with E-state index in [-0.39, 0.29) is 6.61 Å². The quantitative estimate of drug-likeness (QED) is 0.758. The van der Waals surface area contributed by atoms with Gasteiger partial charge >= 0.3 is 5.97 Å². The molecule has 0 saturated heterocycles. The van der Waals surface area contributed by atoms with Crippen molar-refractivity contribution in [3.63, 3.8) is 0 Å². The second-order valence-corrected chi connectivity index (χ2v) is 3.50. The molecular formula is C12H15NO6.